The Morgan fingerprint density at radius 3 is 3.06 bits per heavy atom. The predicted molar refractivity (Wildman–Crippen MR) is 65.0 cm³/mol. The maximum absolute atomic E-state index is 10.8. The number of benzene rings is 1. The molecule has 0 radical (unpaired) electrons. The van der Waals surface area contributed by atoms with E-state index in [-0.39, 0.29) is 6.04 Å². The summed E-state index contributed by atoms with van der Waals surface area (Å²) in [5.74, 6) is -0.0194. The van der Waals surface area contributed by atoms with Crippen molar-refractivity contribution >= 4 is 22.9 Å². The molecule has 0 spiro atoms. The van der Waals surface area contributed by atoms with Crippen molar-refractivity contribution in [1.29, 1.82) is 0 Å². The minimum absolute atomic E-state index is 0.175. The predicted octanol–water partition coefficient (Wildman–Crippen LogP) is 1.36. The second-order valence-corrected chi connectivity index (χ2v) is 4.68. The number of nitrogens with zero attached hydrogens (tertiary/aromatic N) is 1. The Balaban J connectivity index is 2.10. The molecule has 1 unspecified atom stereocenters. The zero-order chi connectivity index (χ0) is 11.5. The highest BCUT2D eigenvalue weighted by Gasteiger charge is 2.16. The van der Waals surface area contributed by atoms with Crippen molar-refractivity contribution in [2.24, 2.45) is 10.7 Å². The minimum atomic E-state index is -0.898. The Bertz CT molecular complexity index is 445. The van der Waals surface area contributed by atoms with Crippen LogP contribution in [0, 0.1) is 0 Å². The number of carboxylic acid groups (broad SMARTS) is 1. The second-order valence-electron chi connectivity index (χ2n) is 3.64. The lowest BCUT2D eigenvalue weighted by molar-refractivity contribution is 0.0696. The van der Waals surface area contributed by atoms with Gasteiger partial charge in [0.1, 0.15) is 0 Å². The molecular formula is C11H12N2O2S. The van der Waals surface area contributed by atoms with Crippen LogP contribution in [0.2, 0.25) is 0 Å². The van der Waals surface area contributed by atoms with Crippen LogP contribution < -0.4 is 5.73 Å². The van der Waals surface area contributed by atoms with Gasteiger partial charge < -0.3 is 10.8 Å². The van der Waals surface area contributed by atoms with Gasteiger partial charge in [0.05, 0.1) is 11.6 Å². The summed E-state index contributed by atoms with van der Waals surface area (Å²) in [4.78, 5) is 15.1. The van der Waals surface area contributed by atoms with Crippen molar-refractivity contribution in [3.63, 3.8) is 0 Å². The minimum Gasteiger partial charge on any atom is -0.478 e. The van der Waals surface area contributed by atoms with E-state index >= 15 is 0 Å². The van der Waals surface area contributed by atoms with Gasteiger partial charge in [-0.2, -0.15) is 0 Å². The molecule has 2 rings (SSSR count). The molecule has 0 aliphatic carbocycles. The quantitative estimate of drug-likeness (QED) is 0.830. The van der Waals surface area contributed by atoms with E-state index in [1.54, 1.807) is 30.0 Å². The first-order valence-electron chi connectivity index (χ1n) is 4.93. The van der Waals surface area contributed by atoms with E-state index in [4.69, 9.17) is 10.8 Å². The molecule has 0 saturated carbocycles. The summed E-state index contributed by atoms with van der Waals surface area (Å²) in [6.45, 7) is 0. The molecule has 4 nitrogen and oxygen atoms in total. The largest absolute Gasteiger partial charge is 0.478 e. The van der Waals surface area contributed by atoms with E-state index in [0.29, 0.717) is 10.7 Å². The van der Waals surface area contributed by atoms with Crippen LogP contribution in [0.15, 0.2) is 29.3 Å². The second kappa shape index (κ2) is 4.57. The number of amidine groups is 1. The van der Waals surface area contributed by atoms with Crippen molar-refractivity contribution in [3.8, 4) is 0 Å². The summed E-state index contributed by atoms with van der Waals surface area (Å²) in [6, 6.07) is 7.13. The van der Waals surface area contributed by atoms with Crippen LogP contribution in [0.1, 0.15) is 15.9 Å². The Morgan fingerprint density at radius 2 is 2.44 bits per heavy atom. The fourth-order valence-electron chi connectivity index (χ4n) is 1.64. The Morgan fingerprint density at radius 1 is 1.62 bits per heavy atom. The van der Waals surface area contributed by atoms with Crippen molar-refractivity contribution in [1.82, 2.24) is 0 Å². The number of hydrogen-bond acceptors (Lipinski definition) is 4. The fraction of sp³-hybridized carbons (Fsp3) is 0.273. The molecule has 0 bridgehead atoms. The average molecular weight is 236 g/mol. The van der Waals surface area contributed by atoms with E-state index in [9.17, 15) is 4.79 Å². The number of aromatic carboxylic acids is 1. The van der Waals surface area contributed by atoms with Crippen molar-refractivity contribution < 1.29 is 9.90 Å². The number of thioether (sulfide) groups is 1. The zero-order valence-corrected chi connectivity index (χ0v) is 9.41. The molecule has 3 N–H and O–H groups in total. The molecule has 0 fully saturated rings. The third-order valence-electron chi connectivity index (χ3n) is 2.38. The summed E-state index contributed by atoms with van der Waals surface area (Å²) in [6.07, 6.45) is 0.745. The summed E-state index contributed by atoms with van der Waals surface area (Å²) in [5.41, 5.74) is 6.89. The van der Waals surface area contributed by atoms with Crippen LogP contribution in [0.25, 0.3) is 0 Å². The van der Waals surface area contributed by atoms with Gasteiger partial charge in [0, 0.05) is 5.75 Å². The van der Waals surface area contributed by atoms with E-state index in [2.05, 4.69) is 4.99 Å². The summed E-state index contributed by atoms with van der Waals surface area (Å²) < 4.78 is 0. The molecule has 16 heavy (non-hydrogen) atoms. The number of carboxylic acids is 1. The van der Waals surface area contributed by atoms with Crippen molar-refractivity contribution in [2.75, 3.05) is 5.75 Å². The van der Waals surface area contributed by atoms with Gasteiger partial charge in [-0.15, -0.1) is 0 Å². The maximum Gasteiger partial charge on any atom is 0.335 e. The highest BCUT2D eigenvalue weighted by molar-refractivity contribution is 8.14. The maximum atomic E-state index is 10.8. The normalized spacial score (nSPS) is 19.5. The van der Waals surface area contributed by atoms with Gasteiger partial charge in [0.2, 0.25) is 0 Å². The number of aliphatic imine (C=N–C) groups is 1. The van der Waals surface area contributed by atoms with Gasteiger partial charge in [0.15, 0.2) is 5.17 Å². The number of carbonyl (C=O) groups is 1. The van der Waals surface area contributed by atoms with Gasteiger partial charge in [-0.25, -0.2) is 4.79 Å². The molecule has 1 aromatic rings. The third-order valence-corrected chi connectivity index (χ3v) is 3.33. The highest BCUT2D eigenvalue weighted by Crippen LogP contribution is 2.19. The van der Waals surface area contributed by atoms with Crippen molar-refractivity contribution in [2.45, 2.75) is 12.5 Å². The lowest BCUT2D eigenvalue weighted by atomic mass is 10.0. The lowest BCUT2D eigenvalue weighted by Gasteiger charge is -2.06. The average Bonchev–Trinajstić information content (AvgIpc) is 2.64. The summed E-state index contributed by atoms with van der Waals surface area (Å²) in [7, 11) is 0. The van der Waals surface area contributed by atoms with Crippen LogP contribution in [0.3, 0.4) is 0 Å². The van der Waals surface area contributed by atoms with Crippen LogP contribution in [-0.2, 0) is 6.42 Å². The molecule has 5 heteroatoms. The number of rotatable bonds is 3. The molecule has 1 aromatic carbocycles. The molecule has 0 saturated heterocycles. The molecule has 0 amide bonds. The first-order valence-corrected chi connectivity index (χ1v) is 5.92. The SMILES string of the molecule is NC1=NC(Cc2cccc(C(=O)O)c2)CS1. The van der Waals surface area contributed by atoms with E-state index < -0.39 is 5.97 Å². The standard InChI is InChI=1S/C11H12N2O2S/c12-11-13-9(6-16-11)5-7-2-1-3-8(4-7)10(14)15/h1-4,9H,5-6H2,(H2,12,13)(H,14,15). The Labute approximate surface area is 97.6 Å². The van der Waals surface area contributed by atoms with Crippen LogP contribution >= 0.6 is 11.8 Å². The van der Waals surface area contributed by atoms with Gasteiger partial charge >= 0.3 is 5.97 Å². The molecule has 1 aliphatic rings. The zero-order valence-electron chi connectivity index (χ0n) is 8.59. The monoisotopic (exact) mass is 236 g/mol. The Kier molecular flexibility index (Phi) is 3.14. The van der Waals surface area contributed by atoms with Gasteiger partial charge in [-0.05, 0) is 24.1 Å². The molecule has 1 heterocycles. The Hall–Kier alpha value is -1.49. The first-order chi connectivity index (χ1) is 7.65. The molecular weight excluding hydrogens is 224 g/mol. The first kappa shape index (κ1) is 11.0. The lowest BCUT2D eigenvalue weighted by Crippen LogP contribution is -2.09. The van der Waals surface area contributed by atoms with Gasteiger partial charge in [0.25, 0.3) is 0 Å². The fourth-order valence-corrected chi connectivity index (χ4v) is 2.42. The third kappa shape index (κ3) is 2.55. The summed E-state index contributed by atoms with van der Waals surface area (Å²) in [5, 5.41) is 9.48. The van der Waals surface area contributed by atoms with Crippen molar-refractivity contribution in [3.05, 3.63) is 35.4 Å². The molecule has 84 valence electrons. The smallest absolute Gasteiger partial charge is 0.335 e. The molecule has 1 aliphatic heterocycles. The number of hydrogen-bond donors (Lipinski definition) is 2. The topological polar surface area (TPSA) is 75.7 Å². The van der Waals surface area contributed by atoms with Gasteiger partial charge in [-0.3, -0.25) is 4.99 Å². The van der Waals surface area contributed by atoms with Crippen LogP contribution in [-0.4, -0.2) is 28.0 Å². The summed E-state index contributed by atoms with van der Waals surface area (Å²) >= 11 is 1.55. The van der Waals surface area contributed by atoms with E-state index in [1.165, 1.54) is 0 Å². The van der Waals surface area contributed by atoms with E-state index in [1.807, 2.05) is 6.07 Å². The molecule has 0 aromatic heterocycles. The van der Waals surface area contributed by atoms with Crippen LogP contribution in [0.5, 0.6) is 0 Å². The molecule has 1 atom stereocenters. The highest BCUT2D eigenvalue weighted by atomic mass is 32.2. The van der Waals surface area contributed by atoms with E-state index in [0.717, 1.165) is 17.7 Å². The van der Waals surface area contributed by atoms with Crippen LogP contribution in [0.4, 0.5) is 0 Å². The van der Waals surface area contributed by atoms with Gasteiger partial charge in [-0.1, -0.05) is 23.9 Å². The number of nitrogens with two attached hydrogens (primary N) is 1.